The van der Waals surface area contributed by atoms with Crippen LogP contribution in [0.1, 0.15) is 22.8 Å². The van der Waals surface area contributed by atoms with Gasteiger partial charge in [0.05, 0.1) is 0 Å². The van der Waals surface area contributed by atoms with Crippen molar-refractivity contribution in [2.75, 3.05) is 31.6 Å². The van der Waals surface area contributed by atoms with Crippen LogP contribution in [0.25, 0.3) is 0 Å². The molecule has 0 spiro atoms. The number of nitrogens with zero attached hydrogens (tertiary/aromatic N) is 1. The number of amides is 2. The molecular formula is C20H21BrN2O4. The van der Waals surface area contributed by atoms with Crippen LogP contribution in [0.2, 0.25) is 0 Å². The number of carbonyl (C=O) groups excluding carboxylic acids is 2. The van der Waals surface area contributed by atoms with Gasteiger partial charge in [0.25, 0.3) is 5.91 Å². The fourth-order valence-electron chi connectivity index (χ4n) is 2.86. The molecule has 0 aliphatic carbocycles. The van der Waals surface area contributed by atoms with E-state index in [1.807, 2.05) is 26.0 Å². The van der Waals surface area contributed by atoms with Crippen LogP contribution in [-0.2, 0) is 4.79 Å². The van der Waals surface area contributed by atoms with E-state index in [2.05, 4.69) is 21.2 Å². The maximum Gasteiger partial charge on any atom is 0.254 e. The van der Waals surface area contributed by atoms with Gasteiger partial charge in [0, 0.05) is 28.3 Å². The quantitative estimate of drug-likeness (QED) is 0.782. The molecule has 0 atom stereocenters. The van der Waals surface area contributed by atoms with Gasteiger partial charge in [0.1, 0.15) is 19.8 Å². The molecule has 27 heavy (non-hydrogen) atoms. The first-order valence-corrected chi connectivity index (χ1v) is 9.52. The fourth-order valence-corrected chi connectivity index (χ4v) is 3.34. The van der Waals surface area contributed by atoms with E-state index in [0.29, 0.717) is 42.5 Å². The summed E-state index contributed by atoms with van der Waals surface area (Å²) in [5, 5.41) is 2.81. The summed E-state index contributed by atoms with van der Waals surface area (Å²) < 4.78 is 11.9. The molecule has 2 aromatic carbocycles. The Hall–Kier alpha value is -2.54. The molecule has 1 aliphatic rings. The number of nitrogens with one attached hydrogen (secondary N) is 1. The smallest absolute Gasteiger partial charge is 0.254 e. The lowest BCUT2D eigenvalue weighted by Gasteiger charge is -2.22. The first-order valence-electron chi connectivity index (χ1n) is 8.73. The van der Waals surface area contributed by atoms with Gasteiger partial charge in [-0.05, 0) is 49.7 Å². The van der Waals surface area contributed by atoms with Crippen molar-refractivity contribution >= 4 is 33.4 Å². The number of hydrogen-bond acceptors (Lipinski definition) is 4. The van der Waals surface area contributed by atoms with E-state index in [1.165, 1.54) is 4.90 Å². The number of likely N-dealkylation sites (N-methyl/N-ethyl adjacent to an activating group) is 1. The highest BCUT2D eigenvalue weighted by molar-refractivity contribution is 9.10. The third-order valence-electron chi connectivity index (χ3n) is 4.25. The lowest BCUT2D eigenvalue weighted by Crippen LogP contribution is -2.38. The van der Waals surface area contributed by atoms with E-state index >= 15 is 0 Å². The second-order valence-corrected chi connectivity index (χ2v) is 7.10. The number of halogens is 1. The van der Waals surface area contributed by atoms with Crippen molar-refractivity contribution in [1.82, 2.24) is 4.90 Å². The van der Waals surface area contributed by atoms with Crippen LogP contribution in [0.5, 0.6) is 11.5 Å². The van der Waals surface area contributed by atoms with Gasteiger partial charge in [-0.15, -0.1) is 0 Å². The van der Waals surface area contributed by atoms with E-state index in [4.69, 9.17) is 9.47 Å². The van der Waals surface area contributed by atoms with E-state index in [0.717, 1.165) is 10.0 Å². The van der Waals surface area contributed by atoms with Crippen LogP contribution in [0.15, 0.2) is 40.9 Å². The minimum Gasteiger partial charge on any atom is -0.486 e. The van der Waals surface area contributed by atoms with Crippen molar-refractivity contribution in [3.63, 3.8) is 0 Å². The van der Waals surface area contributed by atoms with Gasteiger partial charge in [-0.3, -0.25) is 9.59 Å². The molecule has 0 radical (unpaired) electrons. The summed E-state index contributed by atoms with van der Waals surface area (Å²) in [5.41, 5.74) is 2.06. The molecular weight excluding hydrogens is 412 g/mol. The number of hydrogen-bond donors (Lipinski definition) is 1. The minimum atomic E-state index is -0.267. The second kappa shape index (κ2) is 8.43. The number of rotatable bonds is 5. The molecule has 3 rings (SSSR count). The molecule has 0 aromatic heterocycles. The van der Waals surface area contributed by atoms with Crippen molar-refractivity contribution in [2.24, 2.45) is 0 Å². The van der Waals surface area contributed by atoms with Crippen LogP contribution in [0, 0.1) is 6.92 Å². The van der Waals surface area contributed by atoms with Crippen LogP contribution < -0.4 is 14.8 Å². The van der Waals surface area contributed by atoms with Crippen molar-refractivity contribution < 1.29 is 19.1 Å². The topological polar surface area (TPSA) is 67.9 Å². The van der Waals surface area contributed by atoms with Crippen molar-refractivity contribution in [2.45, 2.75) is 13.8 Å². The molecule has 0 fully saturated rings. The predicted molar refractivity (Wildman–Crippen MR) is 107 cm³/mol. The second-order valence-electron chi connectivity index (χ2n) is 6.19. The van der Waals surface area contributed by atoms with Gasteiger partial charge in [-0.1, -0.05) is 15.9 Å². The number of aryl methyl sites for hydroxylation is 1. The molecule has 1 aliphatic heterocycles. The number of anilines is 1. The van der Waals surface area contributed by atoms with Crippen molar-refractivity contribution in [3.05, 3.63) is 52.0 Å². The maximum absolute atomic E-state index is 12.8. The molecule has 0 unspecified atom stereocenters. The van der Waals surface area contributed by atoms with Crippen molar-refractivity contribution in [1.29, 1.82) is 0 Å². The standard InChI is InChI=1S/C20H21BrN2O4/c1-3-23(20(25)16-6-4-14(21)10-13(16)2)12-19(24)22-15-5-7-17-18(11-15)27-9-8-26-17/h4-7,10-11H,3,8-9,12H2,1-2H3,(H,22,24). The first-order chi connectivity index (χ1) is 13.0. The lowest BCUT2D eigenvalue weighted by atomic mass is 10.1. The number of fused-ring (bicyclic) bond motifs is 1. The van der Waals surface area contributed by atoms with E-state index in [1.54, 1.807) is 24.3 Å². The van der Waals surface area contributed by atoms with E-state index < -0.39 is 0 Å². The zero-order chi connectivity index (χ0) is 19.4. The summed E-state index contributed by atoms with van der Waals surface area (Å²) in [6.45, 7) is 5.13. The van der Waals surface area contributed by atoms with Crippen LogP contribution in [-0.4, -0.2) is 43.0 Å². The van der Waals surface area contributed by atoms with Gasteiger partial charge in [-0.25, -0.2) is 0 Å². The van der Waals surface area contributed by atoms with E-state index in [-0.39, 0.29) is 18.4 Å². The molecule has 1 N–H and O–H groups in total. The Labute approximate surface area is 166 Å². The monoisotopic (exact) mass is 432 g/mol. The highest BCUT2D eigenvalue weighted by Crippen LogP contribution is 2.32. The molecule has 0 bridgehead atoms. The Morgan fingerprint density at radius 1 is 1.11 bits per heavy atom. The highest BCUT2D eigenvalue weighted by atomic mass is 79.9. The zero-order valence-electron chi connectivity index (χ0n) is 15.3. The normalized spacial score (nSPS) is 12.4. The summed E-state index contributed by atoms with van der Waals surface area (Å²) in [5.74, 6) is 0.833. The Morgan fingerprint density at radius 2 is 1.85 bits per heavy atom. The van der Waals surface area contributed by atoms with Gasteiger partial charge in [-0.2, -0.15) is 0 Å². The molecule has 6 nitrogen and oxygen atoms in total. The summed E-state index contributed by atoms with van der Waals surface area (Å²) in [7, 11) is 0. The van der Waals surface area contributed by atoms with Gasteiger partial charge in [0.2, 0.25) is 5.91 Å². The van der Waals surface area contributed by atoms with Gasteiger partial charge < -0.3 is 19.7 Å². The molecule has 1 heterocycles. The first kappa shape index (κ1) is 19.2. The van der Waals surface area contributed by atoms with Crippen molar-refractivity contribution in [3.8, 4) is 11.5 Å². The highest BCUT2D eigenvalue weighted by Gasteiger charge is 2.20. The summed E-state index contributed by atoms with van der Waals surface area (Å²) in [6, 6.07) is 10.7. The minimum absolute atomic E-state index is 0.0285. The average Bonchev–Trinajstić information content (AvgIpc) is 2.65. The summed E-state index contributed by atoms with van der Waals surface area (Å²) >= 11 is 3.39. The van der Waals surface area contributed by atoms with Crippen LogP contribution in [0.4, 0.5) is 5.69 Å². The number of benzene rings is 2. The largest absolute Gasteiger partial charge is 0.486 e. The van der Waals surface area contributed by atoms with E-state index in [9.17, 15) is 9.59 Å². The van der Waals surface area contributed by atoms with Gasteiger partial charge >= 0.3 is 0 Å². The molecule has 142 valence electrons. The predicted octanol–water partition coefficient (Wildman–Crippen LogP) is 3.63. The third-order valence-corrected chi connectivity index (χ3v) is 4.74. The number of ether oxygens (including phenoxy) is 2. The Kier molecular flexibility index (Phi) is 6.01. The Morgan fingerprint density at radius 3 is 2.56 bits per heavy atom. The zero-order valence-corrected chi connectivity index (χ0v) is 16.8. The Balaban J connectivity index is 1.67. The number of carbonyl (C=O) groups is 2. The SMILES string of the molecule is CCN(CC(=O)Nc1ccc2c(c1)OCCO2)C(=O)c1ccc(Br)cc1C. The maximum atomic E-state index is 12.8. The summed E-state index contributed by atoms with van der Waals surface area (Å²) in [4.78, 5) is 26.7. The lowest BCUT2D eigenvalue weighted by molar-refractivity contribution is -0.116. The van der Waals surface area contributed by atoms with Crippen LogP contribution in [0.3, 0.4) is 0 Å². The Bertz CT molecular complexity index is 869. The fraction of sp³-hybridized carbons (Fsp3) is 0.300. The summed E-state index contributed by atoms with van der Waals surface area (Å²) in [6.07, 6.45) is 0. The molecule has 2 aromatic rings. The average molecular weight is 433 g/mol. The molecule has 2 amide bonds. The molecule has 0 saturated carbocycles. The van der Waals surface area contributed by atoms with Crippen LogP contribution >= 0.6 is 15.9 Å². The molecule has 7 heteroatoms. The third kappa shape index (κ3) is 4.60. The molecule has 0 saturated heterocycles. The van der Waals surface area contributed by atoms with Gasteiger partial charge in [0.15, 0.2) is 11.5 Å².